The lowest BCUT2D eigenvalue weighted by atomic mass is 9.88. The second-order valence-electron chi connectivity index (χ2n) is 6.52. The summed E-state index contributed by atoms with van der Waals surface area (Å²) in [6, 6.07) is 8.55. The summed E-state index contributed by atoms with van der Waals surface area (Å²) in [7, 11) is 0. The van der Waals surface area contributed by atoms with Crippen LogP contribution in [0.4, 0.5) is 0 Å². The third-order valence-electron chi connectivity index (χ3n) is 4.92. The van der Waals surface area contributed by atoms with Crippen molar-refractivity contribution in [3.05, 3.63) is 34.3 Å². The van der Waals surface area contributed by atoms with Crippen LogP contribution >= 0.6 is 15.9 Å². The van der Waals surface area contributed by atoms with Gasteiger partial charge in [0, 0.05) is 16.4 Å². The van der Waals surface area contributed by atoms with Crippen LogP contribution in [0, 0.1) is 17.8 Å². The minimum absolute atomic E-state index is 0.211. The highest BCUT2D eigenvalue weighted by Crippen LogP contribution is 2.48. The lowest BCUT2D eigenvalue weighted by Crippen LogP contribution is -2.40. The van der Waals surface area contributed by atoms with Gasteiger partial charge in [-0.3, -0.25) is 4.79 Å². The number of amides is 1. The van der Waals surface area contributed by atoms with E-state index in [-0.39, 0.29) is 6.04 Å². The zero-order chi connectivity index (χ0) is 14.1. The standard InChI is InChI=1S/C17H22BrNO/c1-11(8-12-3-6-15(18)7-4-12)19-17(20)16-10-13-2-5-14(16)9-13/h3-4,6-7,11,13-14,16H,2,5,8-10H2,1H3,(H,19,20). The molecule has 108 valence electrons. The zero-order valence-electron chi connectivity index (χ0n) is 11.9. The van der Waals surface area contributed by atoms with Crippen molar-refractivity contribution in [3.63, 3.8) is 0 Å². The van der Waals surface area contributed by atoms with Crippen molar-refractivity contribution in [2.75, 3.05) is 0 Å². The molecule has 2 nitrogen and oxygen atoms in total. The van der Waals surface area contributed by atoms with E-state index in [1.165, 1.54) is 24.8 Å². The van der Waals surface area contributed by atoms with Crippen LogP contribution < -0.4 is 5.32 Å². The second kappa shape index (κ2) is 5.88. The van der Waals surface area contributed by atoms with Crippen molar-refractivity contribution in [2.45, 2.75) is 45.1 Å². The van der Waals surface area contributed by atoms with E-state index in [9.17, 15) is 4.79 Å². The minimum Gasteiger partial charge on any atom is -0.353 e. The topological polar surface area (TPSA) is 29.1 Å². The summed E-state index contributed by atoms with van der Waals surface area (Å²) in [5.41, 5.74) is 1.27. The van der Waals surface area contributed by atoms with Crippen LogP contribution in [0.3, 0.4) is 0 Å². The molecule has 1 amide bonds. The number of rotatable bonds is 4. The summed E-state index contributed by atoms with van der Waals surface area (Å²) in [5.74, 6) is 2.08. The summed E-state index contributed by atoms with van der Waals surface area (Å²) in [6.45, 7) is 2.10. The van der Waals surface area contributed by atoms with Gasteiger partial charge in [0.15, 0.2) is 0 Å². The van der Waals surface area contributed by atoms with E-state index in [4.69, 9.17) is 0 Å². The zero-order valence-corrected chi connectivity index (χ0v) is 13.5. The first kappa shape index (κ1) is 14.1. The Bertz CT molecular complexity index is 484. The largest absolute Gasteiger partial charge is 0.353 e. The Kier molecular flexibility index (Phi) is 4.16. The number of hydrogen-bond acceptors (Lipinski definition) is 1. The predicted molar refractivity (Wildman–Crippen MR) is 84.4 cm³/mol. The monoisotopic (exact) mass is 335 g/mol. The molecule has 0 aliphatic heterocycles. The maximum Gasteiger partial charge on any atom is 0.223 e. The molecule has 0 radical (unpaired) electrons. The summed E-state index contributed by atoms with van der Waals surface area (Å²) in [6.07, 6.45) is 5.94. The lowest BCUT2D eigenvalue weighted by Gasteiger charge is -2.23. The first-order valence-electron chi connectivity index (χ1n) is 7.66. The van der Waals surface area contributed by atoms with E-state index in [1.54, 1.807) is 0 Å². The van der Waals surface area contributed by atoms with Crippen LogP contribution in [0.1, 0.15) is 38.2 Å². The van der Waals surface area contributed by atoms with Gasteiger partial charge in [-0.05, 0) is 62.1 Å². The van der Waals surface area contributed by atoms with Crippen LogP contribution in [0.2, 0.25) is 0 Å². The van der Waals surface area contributed by atoms with E-state index < -0.39 is 0 Å². The van der Waals surface area contributed by atoms with Crippen molar-refractivity contribution in [2.24, 2.45) is 17.8 Å². The highest BCUT2D eigenvalue weighted by molar-refractivity contribution is 9.10. The Morgan fingerprint density at radius 2 is 2.05 bits per heavy atom. The molecule has 4 unspecified atom stereocenters. The Hall–Kier alpha value is -0.830. The molecule has 4 atom stereocenters. The number of carbonyl (C=O) groups is 1. The quantitative estimate of drug-likeness (QED) is 0.887. The van der Waals surface area contributed by atoms with E-state index in [1.807, 2.05) is 0 Å². The van der Waals surface area contributed by atoms with E-state index >= 15 is 0 Å². The fourth-order valence-electron chi connectivity index (χ4n) is 3.94. The van der Waals surface area contributed by atoms with Crippen LogP contribution in [-0.2, 0) is 11.2 Å². The number of halogens is 1. The van der Waals surface area contributed by atoms with Gasteiger partial charge in [-0.2, -0.15) is 0 Å². The summed E-state index contributed by atoms with van der Waals surface area (Å²) in [5, 5.41) is 3.22. The molecule has 0 spiro atoms. The minimum atomic E-state index is 0.211. The van der Waals surface area contributed by atoms with Gasteiger partial charge in [0.05, 0.1) is 0 Å². The van der Waals surface area contributed by atoms with Gasteiger partial charge >= 0.3 is 0 Å². The first-order valence-corrected chi connectivity index (χ1v) is 8.46. The number of benzene rings is 1. The molecule has 3 rings (SSSR count). The number of carbonyl (C=O) groups excluding carboxylic acids is 1. The number of hydrogen-bond donors (Lipinski definition) is 1. The second-order valence-corrected chi connectivity index (χ2v) is 7.44. The predicted octanol–water partition coefficient (Wildman–Crippen LogP) is 3.93. The van der Waals surface area contributed by atoms with Crippen molar-refractivity contribution in [1.82, 2.24) is 5.32 Å². The van der Waals surface area contributed by atoms with Crippen LogP contribution in [0.5, 0.6) is 0 Å². The van der Waals surface area contributed by atoms with Gasteiger partial charge < -0.3 is 5.32 Å². The Morgan fingerprint density at radius 1 is 1.30 bits per heavy atom. The van der Waals surface area contributed by atoms with E-state index in [0.717, 1.165) is 23.2 Å². The van der Waals surface area contributed by atoms with Gasteiger partial charge in [-0.15, -0.1) is 0 Å². The van der Waals surface area contributed by atoms with Crippen molar-refractivity contribution in [3.8, 4) is 0 Å². The summed E-state index contributed by atoms with van der Waals surface area (Å²) >= 11 is 3.45. The molecular weight excluding hydrogens is 314 g/mol. The fourth-order valence-corrected chi connectivity index (χ4v) is 4.21. The van der Waals surface area contributed by atoms with Gasteiger partial charge in [0.2, 0.25) is 5.91 Å². The molecule has 3 heteroatoms. The maximum atomic E-state index is 12.4. The summed E-state index contributed by atoms with van der Waals surface area (Å²) in [4.78, 5) is 12.4. The SMILES string of the molecule is CC(Cc1ccc(Br)cc1)NC(=O)C1CC2CCC1C2. The Balaban J connectivity index is 1.52. The molecule has 1 aromatic rings. The third kappa shape index (κ3) is 3.08. The molecule has 20 heavy (non-hydrogen) atoms. The summed E-state index contributed by atoms with van der Waals surface area (Å²) < 4.78 is 1.10. The molecule has 2 aliphatic carbocycles. The Morgan fingerprint density at radius 3 is 2.65 bits per heavy atom. The molecule has 0 saturated heterocycles. The highest BCUT2D eigenvalue weighted by atomic mass is 79.9. The van der Waals surface area contributed by atoms with E-state index in [0.29, 0.717) is 17.7 Å². The van der Waals surface area contributed by atoms with Gasteiger partial charge in [-0.1, -0.05) is 34.5 Å². The lowest BCUT2D eigenvalue weighted by molar-refractivity contribution is -0.127. The fraction of sp³-hybridized carbons (Fsp3) is 0.588. The molecule has 2 fully saturated rings. The molecule has 2 aliphatic rings. The van der Waals surface area contributed by atoms with Crippen molar-refractivity contribution < 1.29 is 4.79 Å². The smallest absolute Gasteiger partial charge is 0.223 e. The average Bonchev–Trinajstić information content (AvgIpc) is 3.03. The average molecular weight is 336 g/mol. The molecule has 1 aromatic carbocycles. The maximum absolute atomic E-state index is 12.4. The van der Waals surface area contributed by atoms with Gasteiger partial charge in [0.1, 0.15) is 0 Å². The molecule has 2 bridgehead atoms. The van der Waals surface area contributed by atoms with Crippen LogP contribution in [0.25, 0.3) is 0 Å². The molecule has 1 N–H and O–H groups in total. The van der Waals surface area contributed by atoms with E-state index in [2.05, 4.69) is 52.4 Å². The number of nitrogens with one attached hydrogen (secondary N) is 1. The van der Waals surface area contributed by atoms with Crippen LogP contribution in [0.15, 0.2) is 28.7 Å². The molecule has 0 heterocycles. The van der Waals surface area contributed by atoms with Gasteiger partial charge in [-0.25, -0.2) is 0 Å². The van der Waals surface area contributed by atoms with Crippen LogP contribution in [-0.4, -0.2) is 11.9 Å². The molecule has 0 aromatic heterocycles. The highest BCUT2D eigenvalue weighted by Gasteiger charge is 2.43. The number of fused-ring (bicyclic) bond motifs is 2. The van der Waals surface area contributed by atoms with Crippen molar-refractivity contribution >= 4 is 21.8 Å². The Labute approximate surface area is 129 Å². The van der Waals surface area contributed by atoms with Crippen molar-refractivity contribution in [1.29, 1.82) is 0 Å². The normalized spacial score (nSPS) is 29.4. The molecular formula is C17H22BrNO. The third-order valence-corrected chi connectivity index (χ3v) is 5.45. The molecule has 2 saturated carbocycles. The van der Waals surface area contributed by atoms with Gasteiger partial charge in [0.25, 0.3) is 0 Å². The first-order chi connectivity index (χ1) is 9.61.